The van der Waals surface area contributed by atoms with E-state index in [0.29, 0.717) is 39.8 Å². The van der Waals surface area contributed by atoms with Gasteiger partial charge in [-0.1, -0.05) is 36.5 Å². The Morgan fingerprint density at radius 1 is 1.20 bits per heavy atom. The van der Waals surface area contributed by atoms with E-state index in [0.717, 1.165) is 25.7 Å². The summed E-state index contributed by atoms with van der Waals surface area (Å²) < 4.78 is 38.2. The number of rotatable bonds is 6. The lowest BCUT2D eigenvalue weighted by Crippen LogP contribution is -2.28. The van der Waals surface area contributed by atoms with E-state index in [4.69, 9.17) is 21.6 Å². The van der Waals surface area contributed by atoms with E-state index in [1.807, 2.05) is 0 Å². The highest BCUT2D eigenvalue weighted by molar-refractivity contribution is 6.30. The zero-order valence-corrected chi connectivity index (χ0v) is 22.6. The molecule has 206 valence electrons. The molecule has 40 heavy (non-hydrogen) atoms. The van der Waals surface area contributed by atoms with Crippen molar-refractivity contribution in [1.29, 1.82) is 0 Å². The van der Waals surface area contributed by atoms with Gasteiger partial charge < -0.3 is 4.57 Å². The van der Waals surface area contributed by atoms with Crippen LogP contribution in [-0.4, -0.2) is 34.6 Å². The maximum Gasteiger partial charge on any atom is 0.439 e. The van der Waals surface area contributed by atoms with Crippen molar-refractivity contribution in [3.05, 3.63) is 75.8 Å². The summed E-state index contributed by atoms with van der Waals surface area (Å²) in [5, 5.41) is 4.15. The van der Waals surface area contributed by atoms with Gasteiger partial charge in [-0.2, -0.15) is 0 Å². The minimum Gasteiger partial charge on any atom is -0.323 e. The van der Waals surface area contributed by atoms with E-state index in [1.165, 1.54) is 31.5 Å². The number of aromatic nitrogens is 7. The molecule has 5 aromatic rings. The van der Waals surface area contributed by atoms with Crippen LogP contribution in [0.3, 0.4) is 0 Å². The average molecular weight is 566 g/mol. The molecule has 1 fully saturated rings. The van der Waals surface area contributed by atoms with E-state index in [1.54, 1.807) is 22.9 Å². The third-order valence-corrected chi connectivity index (χ3v) is 7.79. The Bertz CT molecular complexity index is 1760. The van der Waals surface area contributed by atoms with Gasteiger partial charge in [0.25, 0.3) is 0 Å². The van der Waals surface area contributed by atoms with Gasteiger partial charge in [-0.15, -0.1) is 0 Å². The minimum atomic E-state index is -2.38. The second-order valence-electron chi connectivity index (χ2n) is 10.6. The van der Waals surface area contributed by atoms with Gasteiger partial charge in [-0.05, 0) is 55.9 Å². The molecule has 0 aliphatic heterocycles. The number of H-pyrrole nitrogens is 1. The normalized spacial score (nSPS) is 19.1. The molecular weight excluding hydrogens is 540 g/mol. The molecule has 0 unspecified atom stereocenters. The fourth-order valence-corrected chi connectivity index (χ4v) is 5.68. The van der Waals surface area contributed by atoms with Crippen molar-refractivity contribution in [3.63, 3.8) is 0 Å². The standard InChI is InChI=1S/C28H26ClF2N7O2/c1-15-5-7-16(8-6-15)14-38-23-20(35-26(38)28(2,31)24-19(30)4-3-9-33-24)11-21(25-36-27(39)40-37-25)34-22(23)17-10-18(29)13-32-12-17/h3-4,9-13,15-16H,5-8,14H2,1-2H3,(H,36,37,39)/t15-,16-,28-/m0/s1. The molecular formula is C28H26ClF2N7O2. The van der Waals surface area contributed by atoms with Gasteiger partial charge in [-0.3, -0.25) is 19.5 Å². The van der Waals surface area contributed by atoms with Crippen LogP contribution >= 0.6 is 11.6 Å². The highest BCUT2D eigenvalue weighted by Gasteiger charge is 2.40. The largest absolute Gasteiger partial charge is 0.439 e. The Morgan fingerprint density at radius 2 is 2.00 bits per heavy atom. The van der Waals surface area contributed by atoms with Crippen LogP contribution in [0.2, 0.25) is 5.02 Å². The van der Waals surface area contributed by atoms with E-state index < -0.39 is 17.2 Å². The van der Waals surface area contributed by atoms with Crippen molar-refractivity contribution >= 4 is 22.6 Å². The van der Waals surface area contributed by atoms with Gasteiger partial charge in [0, 0.05) is 30.7 Å². The molecule has 12 heteroatoms. The zero-order chi connectivity index (χ0) is 28.0. The molecule has 1 N–H and O–H groups in total. The van der Waals surface area contributed by atoms with E-state index in [-0.39, 0.29) is 29.0 Å². The highest BCUT2D eigenvalue weighted by atomic mass is 35.5. The van der Waals surface area contributed by atoms with Crippen molar-refractivity contribution < 1.29 is 13.3 Å². The monoisotopic (exact) mass is 565 g/mol. The molecule has 5 aromatic heterocycles. The number of nitrogens with one attached hydrogen (secondary N) is 1. The van der Waals surface area contributed by atoms with E-state index in [9.17, 15) is 9.18 Å². The number of alkyl halides is 1. The Kier molecular flexibility index (Phi) is 6.69. The predicted octanol–water partition coefficient (Wildman–Crippen LogP) is 6.08. The van der Waals surface area contributed by atoms with Gasteiger partial charge in [-0.25, -0.2) is 23.5 Å². The number of halogens is 3. The second-order valence-corrected chi connectivity index (χ2v) is 11.0. The maximum atomic E-state index is 16.8. The van der Waals surface area contributed by atoms with Crippen LogP contribution in [0.25, 0.3) is 33.8 Å². The lowest BCUT2D eigenvalue weighted by atomic mass is 9.83. The Balaban J connectivity index is 1.64. The quantitative estimate of drug-likeness (QED) is 0.265. The topological polar surface area (TPSA) is 115 Å². The molecule has 6 rings (SSSR count). The average Bonchev–Trinajstić information content (AvgIpc) is 3.53. The molecule has 1 aliphatic rings. The summed E-state index contributed by atoms with van der Waals surface area (Å²) >= 11 is 6.29. The fraction of sp³-hybridized carbons (Fsp3) is 0.357. The predicted molar refractivity (Wildman–Crippen MR) is 145 cm³/mol. The Labute approximate surface area is 232 Å². The van der Waals surface area contributed by atoms with Crippen molar-refractivity contribution in [2.75, 3.05) is 0 Å². The summed E-state index contributed by atoms with van der Waals surface area (Å²) in [6.07, 6.45) is 8.53. The first-order chi connectivity index (χ1) is 19.2. The van der Waals surface area contributed by atoms with Gasteiger partial charge in [0.05, 0.1) is 21.7 Å². The van der Waals surface area contributed by atoms with Gasteiger partial charge in [0.2, 0.25) is 11.5 Å². The number of hydrogen-bond acceptors (Lipinski definition) is 7. The Morgan fingerprint density at radius 3 is 2.70 bits per heavy atom. The van der Waals surface area contributed by atoms with Crippen LogP contribution in [0, 0.1) is 17.7 Å². The van der Waals surface area contributed by atoms with Gasteiger partial charge in [0.15, 0.2) is 5.82 Å². The van der Waals surface area contributed by atoms with E-state index in [2.05, 4.69) is 31.6 Å². The van der Waals surface area contributed by atoms with Gasteiger partial charge >= 0.3 is 5.76 Å². The van der Waals surface area contributed by atoms with Gasteiger partial charge in [0.1, 0.15) is 17.2 Å². The van der Waals surface area contributed by atoms with Crippen LogP contribution in [0.15, 0.2) is 52.2 Å². The van der Waals surface area contributed by atoms with E-state index >= 15 is 4.39 Å². The first-order valence-electron chi connectivity index (χ1n) is 13.1. The lowest BCUT2D eigenvalue weighted by Gasteiger charge is -2.29. The first-order valence-corrected chi connectivity index (χ1v) is 13.5. The van der Waals surface area contributed by atoms with Crippen LogP contribution < -0.4 is 5.76 Å². The summed E-state index contributed by atoms with van der Waals surface area (Å²) in [7, 11) is 0. The number of aromatic amines is 1. The number of hydrogen-bond donors (Lipinski definition) is 1. The van der Waals surface area contributed by atoms with Crippen LogP contribution in [-0.2, 0) is 12.2 Å². The zero-order valence-electron chi connectivity index (χ0n) is 21.9. The number of fused-ring (bicyclic) bond motifs is 1. The van der Waals surface area contributed by atoms with Crippen molar-refractivity contribution in [2.24, 2.45) is 11.8 Å². The third-order valence-electron chi connectivity index (χ3n) is 7.59. The molecule has 1 aliphatic carbocycles. The summed E-state index contributed by atoms with van der Waals surface area (Å²) in [5.41, 5.74) is -0.607. The number of imidazole rings is 1. The number of nitrogens with zero attached hydrogens (tertiary/aromatic N) is 6. The smallest absolute Gasteiger partial charge is 0.323 e. The van der Waals surface area contributed by atoms with Crippen LogP contribution in [0.1, 0.15) is 51.0 Å². The number of pyridine rings is 3. The van der Waals surface area contributed by atoms with Crippen molar-refractivity contribution in [2.45, 2.75) is 51.7 Å². The van der Waals surface area contributed by atoms with Crippen LogP contribution in [0.5, 0.6) is 0 Å². The van der Waals surface area contributed by atoms with Crippen molar-refractivity contribution in [3.8, 4) is 22.8 Å². The third kappa shape index (κ3) is 4.78. The molecule has 0 amide bonds. The molecule has 9 nitrogen and oxygen atoms in total. The molecule has 1 atom stereocenters. The molecule has 0 bridgehead atoms. The molecule has 0 spiro atoms. The maximum absolute atomic E-state index is 16.8. The molecule has 5 heterocycles. The molecule has 0 radical (unpaired) electrons. The fourth-order valence-electron chi connectivity index (χ4n) is 5.50. The summed E-state index contributed by atoms with van der Waals surface area (Å²) in [6.45, 7) is 3.96. The summed E-state index contributed by atoms with van der Waals surface area (Å²) in [5.74, 6) is -0.542. The lowest BCUT2D eigenvalue weighted by molar-refractivity contribution is 0.203. The summed E-state index contributed by atoms with van der Waals surface area (Å²) in [4.78, 5) is 32.0. The molecule has 1 saturated carbocycles. The highest BCUT2D eigenvalue weighted by Crippen LogP contribution is 2.40. The minimum absolute atomic E-state index is 0.00237. The van der Waals surface area contributed by atoms with Crippen molar-refractivity contribution in [1.82, 2.24) is 34.6 Å². The Hall–Kier alpha value is -3.99. The SMILES string of the molecule is C[C@](F)(c1ncccc1F)c1nc2cc(-c3noc(=O)[nH]3)nc(-c3cncc(Cl)c3)c2n1C[C@H]1CC[C@H](C)CC1. The second kappa shape index (κ2) is 10.2. The molecule has 0 aromatic carbocycles. The summed E-state index contributed by atoms with van der Waals surface area (Å²) in [6, 6.07) is 5.88. The van der Waals surface area contributed by atoms with Crippen LogP contribution in [0.4, 0.5) is 8.78 Å². The molecule has 0 saturated heterocycles. The first kappa shape index (κ1) is 26.2.